The molecule has 2 unspecified atom stereocenters. The fourth-order valence-corrected chi connectivity index (χ4v) is 4.17. The van der Waals surface area contributed by atoms with Gasteiger partial charge >= 0.3 is 0 Å². The number of aromatic nitrogens is 3. The summed E-state index contributed by atoms with van der Waals surface area (Å²) in [6, 6.07) is 14.5. The van der Waals surface area contributed by atoms with Crippen LogP contribution in [-0.4, -0.2) is 31.1 Å². The average molecular weight is 378 g/mol. The Morgan fingerprint density at radius 1 is 1.11 bits per heavy atom. The first-order valence-corrected chi connectivity index (χ1v) is 9.68. The van der Waals surface area contributed by atoms with Gasteiger partial charge in [0.2, 0.25) is 0 Å². The van der Waals surface area contributed by atoms with E-state index in [0.717, 1.165) is 29.5 Å². The number of nitrogens with one attached hydrogen (secondary N) is 1. The Labute approximate surface area is 165 Å². The third kappa shape index (κ3) is 3.21. The molecule has 2 atom stereocenters. The van der Waals surface area contributed by atoms with Gasteiger partial charge in [0.25, 0.3) is 0 Å². The zero-order chi connectivity index (χ0) is 18.8. The summed E-state index contributed by atoms with van der Waals surface area (Å²) in [6.45, 7) is 5.20. The molecule has 1 aliphatic rings. The van der Waals surface area contributed by atoms with Gasteiger partial charge in [-0.3, -0.25) is 9.97 Å². The quantitative estimate of drug-likeness (QED) is 0.682. The van der Waals surface area contributed by atoms with E-state index in [1.165, 1.54) is 11.4 Å². The molecular formula is C21H23N5S. The van der Waals surface area contributed by atoms with E-state index >= 15 is 0 Å². The molecular weight excluding hydrogens is 354 g/mol. The van der Waals surface area contributed by atoms with Crippen LogP contribution >= 0.6 is 12.2 Å². The summed E-state index contributed by atoms with van der Waals surface area (Å²) in [5.41, 5.74) is 4.42. The van der Waals surface area contributed by atoms with Crippen molar-refractivity contribution in [2.75, 3.05) is 6.54 Å². The van der Waals surface area contributed by atoms with E-state index in [1.54, 1.807) is 6.20 Å². The second-order valence-electron chi connectivity index (χ2n) is 6.77. The first-order valence-electron chi connectivity index (χ1n) is 9.27. The Morgan fingerprint density at radius 3 is 2.70 bits per heavy atom. The predicted molar refractivity (Wildman–Crippen MR) is 111 cm³/mol. The minimum atomic E-state index is 0.00923. The van der Waals surface area contributed by atoms with Crippen molar-refractivity contribution in [3.8, 4) is 5.69 Å². The van der Waals surface area contributed by atoms with E-state index in [4.69, 9.17) is 12.2 Å². The molecule has 0 bridgehead atoms. The normalized spacial score (nSPS) is 19.3. The van der Waals surface area contributed by atoms with Crippen LogP contribution in [0.15, 0.2) is 61.1 Å². The molecule has 5 nitrogen and oxygen atoms in total. The Bertz CT molecular complexity index is 922. The largest absolute Gasteiger partial charge is 0.352 e. The second kappa shape index (κ2) is 7.48. The zero-order valence-electron chi connectivity index (χ0n) is 15.5. The molecule has 3 aromatic heterocycles. The summed E-state index contributed by atoms with van der Waals surface area (Å²) in [6.07, 6.45) is 6.57. The van der Waals surface area contributed by atoms with E-state index in [-0.39, 0.29) is 12.1 Å². The number of hydrogen-bond donors (Lipinski definition) is 1. The number of rotatable bonds is 5. The first kappa shape index (κ1) is 17.7. The van der Waals surface area contributed by atoms with E-state index in [2.05, 4.69) is 62.9 Å². The number of thiocarbonyl (C=S) groups is 1. The molecule has 3 aromatic rings. The van der Waals surface area contributed by atoms with Gasteiger partial charge in [-0.15, -0.1) is 0 Å². The zero-order valence-corrected chi connectivity index (χ0v) is 16.4. The van der Waals surface area contributed by atoms with E-state index in [9.17, 15) is 0 Å². The third-order valence-corrected chi connectivity index (χ3v) is 5.33. The second-order valence-corrected chi connectivity index (χ2v) is 7.15. The van der Waals surface area contributed by atoms with E-state index in [0.29, 0.717) is 0 Å². The van der Waals surface area contributed by atoms with Gasteiger partial charge in [0.15, 0.2) is 5.11 Å². The number of aryl methyl sites for hydroxylation is 1. The summed E-state index contributed by atoms with van der Waals surface area (Å²) in [7, 11) is 0. The maximum absolute atomic E-state index is 5.69. The summed E-state index contributed by atoms with van der Waals surface area (Å²) < 4.78 is 2.27. The van der Waals surface area contributed by atoms with Gasteiger partial charge in [0, 0.05) is 30.3 Å². The average Bonchev–Trinajstić information content (AvgIpc) is 3.23. The maximum atomic E-state index is 5.69. The van der Waals surface area contributed by atoms with Crippen LogP contribution in [-0.2, 0) is 0 Å². The van der Waals surface area contributed by atoms with Crippen LogP contribution in [0.1, 0.15) is 42.5 Å². The number of nitrogens with zero attached hydrogens (tertiary/aromatic N) is 4. The van der Waals surface area contributed by atoms with Crippen LogP contribution in [0.2, 0.25) is 0 Å². The van der Waals surface area contributed by atoms with Crippen molar-refractivity contribution in [1.82, 2.24) is 24.8 Å². The van der Waals surface area contributed by atoms with Crippen molar-refractivity contribution in [2.24, 2.45) is 0 Å². The van der Waals surface area contributed by atoms with Gasteiger partial charge in [0.05, 0.1) is 29.7 Å². The lowest BCUT2D eigenvalue weighted by Crippen LogP contribution is -2.31. The minimum absolute atomic E-state index is 0.00923. The van der Waals surface area contributed by atoms with E-state index in [1.807, 2.05) is 30.6 Å². The van der Waals surface area contributed by atoms with Gasteiger partial charge in [-0.2, -0.15) is 0 Å². The van der Waals surface area contributed by atoms with Crippen molar-refractivity contribution >= 4 is 17.3 Å². The van der Waals surface area contributed by atoms with Crippen molar-refractivity contribution < 1.29 is 0 Å². The number of hydrogen-bond acceptors (Lipinski definition) is 3. The molecule has 4 rings (SSSR count). The Balaban J connectivity index is 1.85. The molecule has 0 amide bonds. The predicted octanol–water partition coefficient (Wildman–Crippen LogP) is 3.96. The molecule has 0 spiro atoms. The topological polar surface area (TPSA) is 46.0 Å². The van der Waals surface area contributed by atoms with Crippen LogP contribution in [0, 0.1) is 6.92 Å². The van der Waals surface area contributed by atoms with Crippen LogP contribution in [0.3, 0.4) is 0 Å². The van der Waals surface area contributed by atoms with Crippen molar-refractivity contribution in [2.45, 2.75) is 32.4 Å². The molecule has 6 heteroatoms. The van der Waals surface area contributed by atoms with Crippen LogP contribution in [0.5, 0.6) is 0 Å². The summed E-state index contributed by atoms with van der Waals surface area (Å²) in [5, 5.41) is 4.29. The van der Waals surface area contributed by atoms with Crippen molar-refractivity contribution in [3.05, 3.63) is 78.1 Å². The number of pyridine rings is 2. The standard InChI is InChI=1S/C21H23N5S/c1-3-13-25-20(19(24-21(25)27)17-8-4-5-12-23-17)18-10-9-15(2)26(18)16-7-6-11-22-14-16/h4-12,14,19-20H,3,13H2,1-2H3,(H,24,27). The molecule has 0 radical (unpaired) electrons. The Kier molecular flexibility index (Phi) is 4.90. The molecule has 1 saturated heterocycles. The van der Waals surface area contributed by atoms with Gasteiger partial charge in [-0.05, 0) is 62.0 Å². The molecule has 1 N–H and O–H groups in total. The molecule has 27 heavy (non-hydrogen) atoms. The van der Waals surface area contributed by atoms with Crippen molar-refractivity contribution in [3.63, 3.8) is 0 Å². The summed E-state index contributed by atoms with van der Waals surface area (Å²) in [4.78, 5) is 11.2. The highest BCUT2D eigenvalue weighted by molar-refractivity contribution is 7.80. The van der Waals surface area contributed by atoms with Gasteiger partial charge in [-0.1, -0.05) is 13.0 Å². The van der Waals surface area contributed by atoms with Gasteiger partial charge in [-0.25, -0.2) is 0 Å². The highest BCUT2D eigenvalue weighted by atomic mass is 32.1. The minimum Gasteiger partial charge on any atom is -0.352 e. The molecule has 0 saturated carbocycles. The molecule has 4 heterocycles. The summed E-state index contributed by atoms with van der Waals surface area (Å²) in [5.74, 6) is 0. The highest BCUT2D eigenvalue weighted by Crippen LogP contribution is 2.40. The fraction of sp³-hybridized carbons (Fsp3) is 0.286. The SMILES string of the molecule is CCCN1C(=S)NC(c2ccccn2)C1c1ccc(C)n1-c1cccnc1. The maximum Gasteiger partial charge on any atom is 0.170 e. The Morgan fingerprint density at radius 2 is 2.00 bits per heavy atom. The Hall–Kier alpha value is -2.73. The fourth-order valence-electron chi connectivity index (χ4n) is 3.84. The first-order chi connectivity index (χ1) is 13.2. The van der Waals surface area contributed by atoms with Gasteiger partial charge < -0.3 is 14.8 Å². The lowest BCUT2D eigenvalue weighted by molar-refractivity contribution is 0.308. The smallest absolute Gasteiger partial charge is 0.170 e. The third-order valence-electron chi connectivity index (χ3n) is 4.98. The molecule has 138 valence electrons. The van der Waals surface area contributed by atoms with Crippen LogP contribution < -0.4 is 5.32 Å². The highest BCUT2D eigenvalue weighted by Gasteiger charge is 2.41. The molecule has 0 aliphatic carbocycles. The molecule has 0 aromatic carbocycles. The molecule has 1 fully saturated rings. The summed E-state index contributed by atoms with van der Waals surface area (Å²) >= 11 is 5.69. The molecule has 1 aliphatic heterocycles. The van der Waals surface area contributed by atoms with E-state index < -0.39 is 0 Å². The van der Waals surface area contributed by atoms with Crippen molar-refractivity contribution in [1.29, 1.82) is 0 Å². The lowest BCUT2D eigenvalue weighted by atomic mass is 10.0. The van der Waals surface area contributed by atoms with Gasteiger partial charge in [0.1, 0.15) is 0 Å². The van der Waals surface area contributed by atoms with Crippen LogP contribution in [0.25, 0.3) is 5.69 Å². The monoisotopic (exact) mass is 377 g/mol. The van der Waals surface area contributed by atoms with Crippen LogP contribution in [0.4, 0.5) is 0 Å². The lowest BCUT2D eigenvalue weighted by Gasteiger charge is -2.29.